The molecule has 1 heterocycles. The van der Waals surface area contributed by atoms with E-state index in [9.17, 15) is 4.79 Å². The number of rotatable bonds is 1. The molecule has 4 fully saturated rings. The van der Waals surface area contributed by atoms with Crippen molar-refractivity contribution in [3.8, 4) is 0 Å². The Morgan fingerprint density at radius 2 is 2.28 bits per heavy atom. The van der Waals surface area contributed by atoms with Gasteiger partial charge in [-0.2, -0.15) is 0 Å². The summed E-state index contributed by atoms with van der Waals surface area (Å²) in [5.74, 6) is 4.32. The largest absolute Gasteiger partial charge is 0.342 e. The molecule has 5 rings (SSSR count). The van der Waals surface area contributed by atoms with Gasteiger partial charge in [-0.15, -0.1) is 0 Å². The fraction of sp³-hybridized carbons (Fsp3) is 0.812. The minimum Gasteiger partial charge on any atom is -0.342 e. The van der Waals surface area contributed by atoms with Crippen LogP contribution in [-0.2, 0) is 4.79 Å². The quantitative estimate of drug-likeness (QED) is 0.648. The molecule has 0 aromatic rings. The number of fused-ring (bicyclic) bond motifs is 5. The summed E-state index contributed by atoms with van der Waals surface area (Å²) in [6.45, 7) is 4.14. The Labute approximate surface area is 108 Å². The molecule has 0 aromatic carbocycles. The van der Waals surface area contributed by atoms with E-state index in [-0.39, 0.29) is 0 Å². The van der Waals surface area contributed by atoms with Gasteiger partial charge in [0.05, 0.1) is 0 Å². The first-order valence-corrected chi connectivity index (χ1v) is 7.71. The lowest BCUT2D eigenvalue weighted by Gasteiger charge is -2.40. The van der Waals surface area contributed by atoms with E-state index in [1.54, 1.807) is 5.57 Å². The highest BCUT2D eigenvalue weighted by Gasteiger charge is 2.72. The maximum absolute atomic E-state index is 12.7. The third-order valence-corrected chi connectivity index (χ3v) is 7.13. The molecule has 2 heteroatoms. The van der Waals surface area contributed by atoms with Gasteiger partial charge in [0.25, 0.3) is 0 Å². The van der Waals surface area contributed by atoms with Crippen LogP contribution in [0.15, 0.2) is 11.6 Å². The summed E-state index contributed by atoms with van der Waals surface area (Å²) in [4.78, 5) is 14.8. The minimum atomic E-state index is 0.410. The van der Waals surface area contributed by atoms with Gasteiger partial charge < -0.3 is 4.90 Å². The monoisotopic (exact) mass is 243 g/mol. The van der Waals surface area contributed by atoms with Crippen molar-refractivity contribution in [1.82, 2.24) is 4.90 Å². The van der Waals surface area contributed by atoms with E-state index in [4.69, 9.17) is 0 Å². The molecule has 6 unspecified atom stereocenters. The third kappa shape index (κ3) is 0.847. The Morgan fingerprint density at radius 1 is 1.39 bits per heavy atom. The predicted molar refractivity (Wildman–Crippen MR) is 68.7 cm³/mol. The van der Waals surface area contributed by atoms with E-state index in [0.29, 0.717) is 23.2 Å². The summed E-state index contributed by atoms with van der Waals surface area (Å²) in [5, 5.41) is 0. The fourth-order valence-electron chi connectivity index (χ4n) is 6.70. The average molecular weight is 243 g/mol. The van der Waals surface area contributed by atoms with Crippen molar-refractivity contribution in [3.05, 3.63) is 11.6 Å². The van der Waals surface area contributed by atoms with E-state index in [2.05, 4.69) is 17.9 Å². The molecule has 3 saturated carbocycles. The Hall–Kier alpha value is -0.790. The molecule has 1 spiro atoms. The molecular weight excluding hydrogens is 222 g/mol. The summed E-state index contributed by atoms with van der Waals surface area (Å²) in [5.41, 5.74) is 2.11. The Kier molecular flexibility index (Phi) is 1.60. The molecule has 1 aliphatic heterocycles. The zero-order valence-corrected chi connectivity index (χ0v) is 11.1. The van der Waals surface area contributed by atoms with E-state index >= 15 is 0 Å². The molecule has 4 aliphatic carbocycles. The van der Waals surface area contributed by atoms with Gasteiger partial charge in [-0.1, -0.05) is 11.6 Å². The van der Waals surface area contributed by atoms with Gasteiger partial charge in [0, 0.05) is 19.0 Å². The van der Waals surface area contributed by atoms with Crippen LogP contribution in [0.5, 0.6) is 0 Å². The number of carbonyl (C=O) groups is 1. The van der Waals surface area contributed by atoms with Gasteiger partial charge in [0.2, 0.25) is 5.91 Å². The van der Waals surface area contributed by atoms with Gasteiger partial charge in [-0.25, -0.2) is 0 Å². The number of likely N-dealkylation sites (tertiary alicyclic amines) is 1. The van der Waals surface area contributed by atoms with E-state index in [1.807, 2.05) is 0 Å². The van der Waals surface area contributed by atoms with Gasteiger partial charge in [-0.05, 0) is 61.7 Å². The Morgan fingerprint density at radius 3 is 3.11 bits per heavy atom. The van der Waals surface area contributed by atoms with Gasteiger partial charge in [-0.3, -0.25) is 4.79 Å². The second-order valence-corrected chi connectivity index (χ2v) is 7.37. The van der Waals surface area contributed by atoms with E-state index < -0.39 is 0 Å². The lowest BCUT2D eigenvalue weighted by molar-refractivity contribution is -0.135. The highest BCUT2D eigenvalue weighted by Crippen LogP contribution is 2.75. The number of allylic oxidation sites excluding steroid dienone is 2. The van der Waals surface area contributed by atoms with Gasteiger partial charge in [0.1, 0.15) is 0 Å². The third-order valence-electron chi connectivity index (χ3n) is 7.13. The zero-order valence-electron chi connectivity index (χ0n) is 11.1. The summed E-state index contributed by atoms with van der Waals surface area (Å²) in [6.07, 6.45) is 7.85. The van der Waals surface area contributed by atoms with Crippen LogP contribution < -0.4 is 0 Å². The van der Waals surface area contributed by atoms with Crippen LogP contribution in [0.2, 0.25) is 0 Å². The van der Waals surface area contributed by atoms with Crippen LogP contribution in [0.3, 0.4) is 0 Å². The molecule has 0 radical (unpaired) electrons. The molecule has 5 aliphatic rings. The van der Waals surface area contributed by atoms with Crippen molar-refractivity contribution in [2.45, 2.75) is 32.6 Å². The second-order valence-electron chi connectivity index (χ2n) is 7.37. The predicted octanol–water partition coefficient (Wildman–Crippen LogP) is 2.46. The molecule has 2 nitrogen and oxygen atoms in total. The Balaban J connectivity index is 1.65. The lowest BCUT2D eigenvalue weighted by atomic mass is 9.62. The smallest absolute Gasteiger partial charge is 0.226 e. The molecule has 0 aromatic heterocycles. The van der Waals surface area contributed by atoms with Crippen molar-refractivity contribution in [2.75, 3.05) is 13.1 Å². The first kappa shape index (κ1) is 10.1. The fourth-order valence-corrected chi connectivity index (χ4v) is 6.70. The molecule has 0 N–H and O–H groups in total. The SMILES string of the molecule is CCN1CC2C3CC4(CC5=CCC3C4C5)C2C1=O. The van der Waals surface area contributed by atoms with Crippen LogP contribution in [-0.4, -0.2) is 23.9 Å². The number of hydrogen-bond acceptors (Lipinski definition) is 1. The van der Waals surface area contributed by atoms with Crippen molar-refractivity contribution >= 4 is 5.91 Å². The summed E-state index contributed by atoms with van der Waals surface area (Å²) in [6, 6.07) is 0. The van der Waals surface area contributed by atoms with Gasteiger partial charge in [0.15, 0.2) is 0 Å². The molecule has 96 valence electrons. The molecule has 18 heavy (non-hydrogen) atoms. The Bertz CT molecular complexity index is 481. The van der Waals surface area contributed by atoms with Crippen molar-refractivity contribution in [2.24, 2.45) is 35.0 Å². The second kappa shape index (κ2) is 2.86. The summed E-state index contributed by atoms with van der Waals surface area (Å²) in [7, 11) is 0. The lowest BCUT2D eigenvalue weighted by Crippen LogP contribution is -2.41. The topological polar surface area (TPSA) is 20.3 Å². The van der Waals surface area contributed by atoms with Crippen LogP contribution in [0.25, 0.3) is 0 Å². The van der Waals surface area contributed by atoms with Crippen LogP contribution in [0.1, 0.15) is 32.6 Å². The summed E-state index contributed by atoms with van der Waals surface area (Å²) < 4.78 is 0. The van der Waals surface area contributed by atoms with Gasteiger partial charge >= 0.3 is 0 Å². The number of nitrogens with zero attached hydrogens (tertiary/aromatic N) is 1. The maximum Gasteiger partial charge on any atom is 0.226 e. The zero-order chi connectivity index (χ0) is 12.1. The van der Waals surface area contributed by atoms with E-state index in [0.717, 1.165) is 30.8 Å². The molecule has 1 saturated heterocycles. The summed E-state index contributed by atoms with van der Waals surface area (Å²) >= 11 is 0. The molecule has 6 atom stereocenters. The first-order chi connectivity index (χ1) is 8.74. The average Bonchev–Trinajstić information content (AvgIpc) is 3.01. The molecule has 4 bridgehead atoms. The van der Waals surface area contributed by atoms with Crippen LogP contribution in [0.4, 0.5) is 0 Å². The van der Waals surface area contributed by atoms with Crippen LogP contribution in [0, 0.1) is 35.0 Å². The van der Waals surface area contributed by atoms with E-state index in [1.165, 1.54) is 25.7 Å². The van der Waals surface area contributed by atoms with Crippen molar-refractivity contribution in [3.63, 3.8) is 0 Å². The maximum atomic E-state index is 12.7. The van der Waals surface area contributed by atoms with Crippen molar-refractivity contribution in [1.29, 1.82) is 0 Å². The first-order valence-electron chi connectivity index (χ1n) is 7.71. The molecular formula is C16H21NO. The number of hydrogen-bond donors (Lipinski definition) is 0. The number of carbonyl (C=O) groups excluding carboxylic acids is 1. The standard InChI is InChI=1S/C16H21NO/c1-2-17-8-12-11-7-16(14(12)15(17)18)6-9-3-4-10(11)13(16)5-9/h3,10-14H,2,4-8H2,1H3. The molecule has 1 amide bonds. The highest BCUT2D eigenvalue weighted by atomic mass is 16.2. The number of amides is 1. The van der Waals surface area contributed by atoms with Crippen molar-refractivity contribution < 1.29 is 4.79 Å². The normalized spacial score (nSPS) is 55.2. The minimum absolute atomic E-state index is 0.410. The van der Waals surface area contributed by atoms with Crippen LogP contribution >= 0.6 is 0 Å². The highest BCUT2D eigenvalue weighted by molar-refractivity contribution is 5.83.